The highest BCUT2D eigenvalue weighted by Gasteiger charge is 2.30. The molecule has 0 aliphatic carbocycles. The Kier molecular flexibility index (Phi) is 68.1. The van der Waals surface area contributed by atoms with E-state index < -0.39 is 97.5 Å². The van der Waals surface area contributed by atoms with Crippen molar-refractivity contribution < 1.29 is 80.2 Å². The molecule has 0 rings (SSSR count). The van der Waals surface area contributed by atoms with E-state index in [4.69, 9.17) is 37.0 Å². The van der Waals surface area contributed by atoms with Crippen LogP contribution in [0.15, 0.2) is 0 Å². The number of hydrogen-bond donors (Lipinski definition) is 3. The first kappa shape index (κ1) is 96.1. The molecule has 3 N–H and O–H groups in total. The maximum atomic E-state index is 13.1. The van der Waals surface area contributed by atoms with Crippen LogP contribution in [-0.2, 0) is 65.4 Å². The van der Waals surface area contributed by atoms with Crippen LogP contribution in [0.5, 0.6) is 0 Å². The van der Waals surface area contributed by atoms with Crippen molar-refractivity contribution in [2.75, 3.05) is 39.6 Å². The third-order valence-corrected chi connectivity index (χ3v) is 20.6. The third kappa shape index (κ3) is 71.1. The molecule has 0 bridgehead atoms. The summed E-state index contributed by atoms with van der Waals surface area (Å²) in [4.78, 5) is 73.0. The fourth-order valence-electron chi connectivity index (χ4n) is 12.1. The number of aliphatic hydroxyl groups excluding tert-OH is 1. The van der Waals surface area contributed by atoms with Gasteiger partial charge in [0.05, 0.1) is 26.4 Å². The molecule has 17 nitrogen and oxygen atoms in total. The SMILES string of the molecule is CCCCCCCCCCCCCCCCCCCCC(=O)O[C@H](COC(=O)CCCCCCCCCCCCCCC(C)C)COP(=O)(O)OC[C@@H](O)COP(=O)(O)OC[C@@H](COC(=O)CCCCCCCCCCC(C)CC)OC(=O)CCCCCCCCCCCCC(C)C. The molecule has 6 atom stereocenters. The first-order valence-corrected chi connectivity index (χ1v) is 43.9. The van der Waals surface area contributed by atoms with E-state index >= 15 is 0 Å². The number of phosphoric acid groups is 2. The Bertz CT molecular complexity index is 1910. The van der Waals surface area contributed by atoms with Crippen molar-refractivity contribution in [2.24, 2.45) is 17.8 Å². The van der Waals surface area contributed by atoms with Gasteiger partial charge in [0.1, 0.15) is 19.3 Å². The predicted octanol–water partition coefficient (Wildman–Crippen LogP) is 23.4. The van der Waals surface area contributed by atoms with Crippen molar-refractivity contribution >= 4 is 39.5 Å². The molecule has 0 radical (unpaired) electrons. The van der Waals surface area contributed by atoms with E-state index in [2.05, 4.69) is 48.5 Å². The maximum Gasteiger partial charge on any atom is 0.472 e. The average molecular weight is 1440 g/mol. The summed E-state index contributed by atoms with van der Waals surface area (Å²) in [5.74, 6) is 0.198. The molecular weight excluding hydrogens is 1280 g/mol. The van der Waals surface area contributed by atoms with Gasteiger partial charge in [-0.1, -0.05) is 357 Å². The number of carbonyl (C=O) groups excluding carboxylic acids is 4. The molecule has 0 aliphatic heterocycles. The number of unbranched alkanes of at least 4 members (excludes halogenated alkanes) is 44. The molecule has 19 heteroatoms. The molecule has 0 aliphatic rings. The minimum absolute atomic E-state index is 0.105. The Morgan fingerprint density at radius 2 is 0.520 bits per heavy atom. The number of ether oxygens (including phenoxy) is 4. The van der Waals surface area contributed by atoms with Crippen LogP contribution < -0.4 is 0 Å². The van der Waals surface area contributed by atoms with Gasteiger partial charge in [0.15, 0.2) is 12.2 Å². The Hall–Kier alpha value is -1.94. The number of rotatable bonds is 77. The van der Waals surface area contributed by atoms with Gasteiger partial charge in [0.25, 0.3) is 0 Å². The second-order valence-corrected chi connectivity index (χ2v) is 32.6. The lowest BCUT2D eigenvalue weighted by Gasteiger charge is -2.21. The summed E-state index contributed by atoms with van der Waals surface area (Å²) in [6.07, 6.45) is 56.8. The lowest BCUT2D eigenvalue weighted by Crippen LogP contribution is -2.30. The van der Waals surface area contributed by atoms with Crippen LogP contribution in [0.3, 0.4) is 0 Å². The Morgan fingerprint density at radius 3 is 0.776 bits per heavy atom. The van der Waals surface area contributed by atoms with Gasteiger partial charge in [-0.25, -0.2) is 9.13 Å². The van der Waals surface area contributed by atoms with Crippen LogP contribution in [0, 0.1) is 17.8 Å². The topological polar surface area (TPSA) is 237 Å². The summed E-state index contributed by atoms with van der Waals surface area (Å²) in [7, 11) is -9.92. The quantitative estimate of drug-likeness (QED) is 0.0222. The van der Waals surface area contributed by atoms with Crippen LogP contribution in [0.4, 0.5) is 0 Å². The normalized spacial score (nSPS) is 14.3. The highest BCUT2D eigenvalue weighted by Crippen LogP contribution is 2.45. The molecule has 0 amide bonds. The van der Waals surface area contributed by atoms with E-state index in [1.165, 1.54) is 218 Å². The van der Waals surface area contributed by atoms with Crippen LogP contribution in [0.2, 0.25) is 0 Å². The van der Waals surface area contributed by atoms with Gasteiger partial charge in [-0.05, 0) is 43.4 Å². The third-order valence-electron chi connectivity index (χ3n) is 18.7. The second kappa shape index (κ2) is 69.4. The van der Waals surface area contributed by atoms with E-state index in [-0.39, 0.29) is 25.7 Å². The maximum absolute atomic E-state index is 13.1. The van der Waals surface area contributed by atoms with Crippen LogP contribution in [0.25, 0.3) is 0 Å². The number of esters is 4. The molecule has 0 saturated carbocycles. The number of aliphatic hydroxyl groups is 1. The van der Waals surface area contributed by atoms with Crippen molar-refractivity contribution in [3.63, 3.8) is 0 Å². The molecule has 582 valence electrons. The first-order valence-electron chi connectivity index (χ1n) is 40.9. The molecular formula is C79H154O17P2. The largest absolute Gasteiger partial charge is 0.472 e. The van der Waals surface area contributed by atoms with Gasteiger partial charge in [-0.3, -0.25) is 37.3 Å². The van der Waals surface area contributed by atoms with Gasteiger partial charge < -0.3 is 33.8 Å². The molecule has 3 unspecified atom stereocenters. The van der Waals surface area contributed by atoms with Crippen LogP contribution >= 0.6 is 15.6 Å². The molecule has 0 aromatic carbocycles. The van der Waals surface area contributed by atoms with Crippen molar-refractivity contribution in [1.29, 1.82) is 0 Å². The minimum atomic E-state index is -4.96. The van der Waals surface area contributed by atoms with Crippen LogP contribution in [-0.4, -0.2) is 96.7 Å². The zero-order chi connectivity index (χ0) is 72.3. The summed E-state index contributed by atoms with van der Waals surface area (Å²) in [5, 5.41) is 10.6. The standard InChI is InChI=1S/C79H154O17P2/c1-8-10-11-12-13-14-15-16-17-18-19-20-21-26-32-41-48-55-62-78(83)95-74(66-89-76(81)60-53-46-39-31-25-23-22-24-29-36-43-50-57-70(3)4)68-93-97(85,86)91-64-73(80)65-92-98(87,88)94-69-75(67-90-77(82)61-54-47-40-35-34-38-45-52-59-72(7)9-2)96-79(84)63-56-49-42-33-28-27-30-37-44-51-58-71(5)6/h70-75,80H,8-69H2,1-7H3,(H,85,86)(H,87,88)/t72?,73-,74-,75-/m1/s1. The Balaban J connectivity index is 5.27. The van der Waals surface area contributed by atoms with Crippen LogP contribution in [0.1, 0.15) is 408 Å². The monoisotopic (exact) mass is 1440 g/mol. The molecule has 98 heavy (non-hydrogen) atoms. The van der Waals surface area contributed by atoms with E-state index in [0.29, 0.717) is 25.7 Å². The molecule has 0 aromatic rings. The number of carbonyl (C=O) groups is 4. The smallest absolute Gasteiger partial charge is 0.462 e. The highest BCUT2D eigenvalue weighted by molar-refractivity contribution is 7.47. The minimum Gasteiger partial charge on any atom is -0.462 e. The highest BCUT2D eigenvalue weighted by atomic mass is 31.2. The second-order valence-electron chi connectivity index (χ2n) is 29.6. The van der Waals surface area contributed by atoms with Gasteiger partial charge in [-0.2, -0.15) is 0 Å². The Morgan fingerprint density at radius 1 is 0.296 bits per heavy atom. The zero-order valence-electron chi connectivity index (χ0n) is 64.3. The summed E-state index contributed by atoms with van der Waals surface area (Å²) in [5.41, 5.74) is 0. The lowest BCUT2D eigenvalue weighted by molar-refractivity contribution is -0.161. The fraction of sp³-hybridized carbons (Fsp3) is 0.949. The first-order chi connectivity index (χ1) is 47.3. The molecule has 0 heterocycles. The number of hydrogen-bond acceptors (Lipinski definition) is 15. The van der Waals surface area contributed by atoms with Gasteiger partial charge in [-0.15, -0.1) is 0 Å². The summed E-state index contributed by atoms with van der Waals surface area (Å²) in [6, 6.07) is 0. The van der Waals surface area contributed by atoms with E-state index in [9.17, 15) is 43.2 Å². The summed E-state index contributed by atoms with van der Waals surface area (Å²) in [6.45, 7) is 11.9. The average Bonchev–Trinajstić information content (AvgIpc) is 0.964. The fourth-order valence-corrected chi connectivity index (χ4v) is 13.7. The Labute approximate surface area is 600 Å². The number of phosphoric ester groups is 2. The lowest BCUT2D eigenvalue weighted by atomic mass is 9.99. The molecule has 0 spiro atoms. The van der Waals surface area contributed by atoms with E-state index in [1.807, 2.05) is 0 Å². The van der Waals surface area contributed by atoms with Gasteiger partial charge in [0, 0.05) is 25.7 Å². The van der Waals surface area contributed by atoms with Gasteiger partial charge in [0.2, 0.25) is 0 Å². The zero-order valence-corrected chi connectivity index (χ0v) is 66.0. The van der Waals surface area contributed by atoms with Crippen molar-refractivity contribution in [3.05, 3.63) is 0 Å². The molecule has 0 aromatic heterocycles. The summed E-state index contributed by atoms with van der Waals surface area (Å²) < 4.78 is 68.7. The van der Waals surface area contributed by atoms with Crippen molar-refractivity contribution in [1.82, 2.24) is 0 Å². The summed E-state index contributed by atoms with van der Waals surface area (Å²) >= 11 is 0. The van der Waals surface area contributed by atoms with Gasteiger partial charge >= 0.3 is 39.5 Å². The molecule has 0 fully saturated rings. The predicted molar refractivity (Wildman–Crippen MR) is 400 cm³/mol. The van der Waals surface area contributed by atoms with Crippen molar-refractivity contribution in [2.45, 2.75) is 426 Å². The van der Waals surface area contributed by atoms with Crippen molar-refractivity contribution in [3.8, 4) is 0 Å². The van der Waals surface area contributed by atoms with E-state index in [0.717, 1.165) is 108 Å². The molecule has 0 saturated heterocycles. The van der Waals surface area contributed by atoms with E-state index in [1.54, 1.807) is 0 Å².